The highest BCUT2D eigenvalue weighted by atomic mass is 19.1. The van der Waals surface area contributed by atoms with E-state index < -0.39 is 17.4 Å². The van der Waals surface area contributed by atoms with Crippen molar-refractivity contribution in [2.24, 2.45) is 0 Å². The molecule has 1 aromatic heterocycles. The first-order valence-electron chi connectivity index (χ1n) is 4.67. The van der Waals surface area contributed by atoms with Crippen LogP contribution in [0.2, 0.25) is 0 Å². The summed E-state index contributed by atoms with van der Waals surface area (Å²) in [5.74, 6) is -1.78. The number of rotatable bonds is 3. The highest BCUT2D eigenvalue weighted by Gasteiger charge is 2.15. The first-order chi connectivity index (χ1) is 7.63. The monoisotopic (exact) mass is 225 g/mol. The Morgan fingerprint density at radius 3 is 2.81 bits per heavy atom. The van der Waals surface area contributed by atoms with E-state index in [1.165, 1.54) is 6.07 Å². The molecule has 0 radical (unpaired) electrons. The fourth-order valence-corrected chi connectivity index (χ4v) is 1.49. The maximum absolute atomic E-state index is 13.5. The van der Waals surface area contributed by atoms with Crippen molar-refractivity contribution in [3.63, 3.8) is 0 Å². The van der Waals surface area contributed by atoms with Crippen molar-refractivity contribution in [1.29, 1.82) is 0 Å². The van der Waals surface area contributed by atoms with Gasteiger partial charge in [0, 0.05) is 0 Å². The van der Waals surface area contributed by atoms with Gasteiger partial charge in [0.2, 0.25) is 0 Å². The summed E-state index contributed by atoms with van der Waals surface area (Å²) in [6.45, 7) is 0.0195. The highest BCUT2D eigenvalue weighted by molar-refractivity contribution is 6.00. The number of carbonyl (C=O) groups is 1. The van der Waals surface area contributed by atoms with Crippen LogP contribution in [0.25, 0.3) is 11.0 Å². The number of Topliss-reactive ketones (excluding diaryl/α,β-unsaturated/α-hetero) is 1. The average Bonchev–Trinajstić information content (AvgIpc) is 2.59. The van der Waals surface area contributed by atoms with Gasteiger partial charge >= 0.3 is 0 Å². The van der Waals surface area contributed by atoms with E-state index in [1.54, 1.807) is 7.05 Å². The Morgan fingerprint density at radius 2 is 2.12 bits per heavy atom. The van der Waals surface area contributed by atoms with Crippen LogP contribution in [0.5, 0.6) is 0 Å². The van der Waals surface area contributed by atoms with Crippen LogP contribution in [0.1, 0.15) is 10.4 Å². The second-order valence-electron chi connectivity index (χ2n) is 3.37. The summed E-state index contributed by atoms with van der Waals surface area (Å²) in [5, 5.41) is 2.67. The Kier molecular flexibility index (Phi) is 2.70. The minimum Gasteiger partial charge on any atom is -0.461 e. The second-order valence-corrected chi connectivity index (χ2v) is 3.37. The van der Waals surface area contributed by atoms with Crippen molar-refractivity contribution >= 4 is 16.8 Å². The highest BCUT2D eigenvalue weighted by Crippen LogP contribution is 2.23. The Hall–Kier alpha value is -1.75. The van der Waals surface area contributed by atoms with E-state index in [4.69, 9.17) is 4.42 Å². The summed E-state index contributed by atoms with van der Waals surface area (Å²) in [6.07, 6.45) is 0.885. The van der Waals surface area contributed by atoms with Gasteiger partial charge in [0.05, 0.1) is 17.5 Å². The molecule has 0 unspecified atom stereocenters. The van der Waals surface area contributed by atoms with Gasteiger partial charge in [-0.15, -0.1) is 0 Å². The molecule has 1 aromatic carbocycles. The third-order valence-corrected chi connectivity index (χ3v) is 2.25. The van der Waals surface area contributed by atoms with Crippen molar-refractivity contribution in [3.8, 4) is 0 Å². The van der Waals surface area contributed by atoms with Gasteiger partial charge in [-0.3, -0.25) is 4.79 Å². The Morgan fingerprint density at radius 1 is 1.38 bits per heavy atom. The van der Waals surface area contributed by atoms with Crippen molar-refractivity contribution < 1.29 is 18.0 Å². The topological polar surface area (TPSA) is 42.2 Å². The molecule has 0 bridgehead atoms. The Labute approximate surface area is 90.0 Å². The fourth-order valence-electron chi connectivity index (χ4n) is 1.49. The molecule has 3 nitrogen and oxygen atoms in total. The molecule has 5 heteroatoms. The molecule has 2 rings (SSSR count). The third kappa shape index (κ3) is 1.69. The maximum Gasteiger partial charge on any atom is 0.179 e. The smallest absolute Gasteiger partial charge is 0.179 e. The number of hydrogen-bond acceptors (Lipinski definition) is 3. The van der Waals surface area contributed by atoms with Crippen LogP contribution in [-0.2, 0) is 0 Å². The molecular weight excluding hydrogens is 216 g/mol. The standard InChI is InChI=1S/C11H9F2NO2/c1-14-4-10(15)6-3-11-7(2-8(6)12)9(13)5-16-11/h2-3,5,14H,4H2,1H3. The first kappa shape index (κ1) is 10.8. The molecule has 0 fully saturated rings. The molecule has 0 aliphatic rings. The van der Waals surface area contributed by atoms with E-state index >= 15 is 0 Å². The van der Waals surface area contributed by atoms with Gasteiger partial charge in [-0.25, -0.2) is 8.78 Å². The van der Waals surface area contributed by atoms with Crippen LogP contribution in [0.3, 0.4) is 0 Å². The largest absolute Gasteiger partial charge is 0.461 e. The number of carbonyl (C=O) groups excluding carboxylic acids is 1. The van der Waals surface area contributed by atoms with Gasteiger partial charge in [-0.2, -0.15) is 0 Å². The maximum atomic E-state index is 13.5. The molecule has 1 N–H and O–H groups in total. The lowest BCUT2D eigenvalue weighted by Gasteiger charge is -2.01. The summed E-state index contributed by atoms with van der Waals surface area (Å²) in [7, 11) is 1.58. The Balaban J connectivity index is 2.54. The lowest BCUT2D eigenvalue weighted by Crippen LogP contribution is -2.19. The molecule has 84 valence electrons. The molecule has 1 heterocycles. The summed E-state index contributed by atoms with van der Waals surface area (Å²) in [4.78, 5) is 11.5. The van der Waals surface area contributed by atoms with Crippen LogP contribution in [0, 0.1) is 11.6 Å². The average molecular weight is 225 g/mol. The Bertz CT molecular complexity index is 548. The van der Waals surface area contributed by atoms with Crippen LogP contribution in [0.4, 0.5) is 8.78 Å². The molecule has 0 atom stereocenters. The van der Waals surface area contributed by atoms with E-state index in [-0.39, 0.29) is 23.1 Å². The first-order valence-corrected chi connectivity index (χ1v) is 4.67. The number of halogens is 2. The van der Waals surface area contributed by atoms with Crippen molar-refractivity contribution in [2.75, 3.05) is 13.6 Å². The zero-order valence-corrected chi connectivity index (χ0v) is 8.51. The summed E-state index contributed by atoms with van der Waals surface area (Å²) < 4.78 is 31.4. The molecule has 0 spiro atoms. The minimum atomic E-state index is -0.743. The molecular formula is C11H9F2NO2. The van der Waals surface area contributed by atoms with E-state index in [0.29, 0.717) is 0 Å². The molecule has 0 amide bonds. The summed E-state index contributed by atoms with van der Waals surface area (Å²) >= 11 is 0. The van der Waals surface area contributed by atoms with Gasteiger partial charge in [0.25, 0.3) is 0 Å². The molecule has 0 saturated carbocycles. The van der Waals surface area contributed by atoms with E-state index in [9.17, 15) is 13.6 Å². The number of likely N-dealkylation sites (N-methyl/N-ethyl adjacent to an activating group) is 1. The summed E-state index contributed by atoms with van der Waals surface area (Å²) in [5.41, 5.74) is 0.0644. The quantitative estimate of drug-likeness (QED) is 0.813. The number of furan rings is 1. The molecule has 16 heavy (non-hydrogen) atoms. The van der Waals surface area contributed by atoms with Crippen molar-refractivity contribution in [1.82, 2.24) is 5.32 Å². The predicted molar refractivity (Wildman–Crippen MR) is 54.4 cm³/mol. The van der Waals surface area contributed by atoms with Gasteiger partial charge in [0.1, 0.15) is 17.7 Å². The lowest BCUT2D eigenvalue weighted by atomic mass is 10.1. The molecule has 2 aromatic rings. The van der Waals surface area contributed by atoms with E-state index in [0.717, 1.165) is 12.3 Å². The number of nitrogens with one attached hydrogen (secondary N) is 1. The van der Waals surface area contributed by atoms with Gasteiger partial charge in [-0.1, -0.05) is 0 Å². The van der Waals surface area contributed by atoms with Crippen molar-refractivity contribution in [3.05, 3.63) is 35.6 Å². The SMILES string of the molecule is CNCC(=O)c1cc2occ(F)c2cc1F. The number of fused-ring (bicyclic) bond motifs is 1. The molecule has 0 saturated heterocycles. The second kappa shape index (κ2) is 4.02. The predicted octanol–water partition coefficient (Wildman–Crippen LogP) is 2.11. The third-order valence-electron chi connectivity index (χ3n) is 2.25. The lowest BCUT2D eigenvalue weighted by molar-refractivity contribution is 0.0990. The van der Waals surface area contributed by atoms with Gasteiger partial charge in [-0.05, 0) is 19.2 Å². The van der Waals surface area contributed by atoms with Crippen molar-refractivity contribution in [2.45, 2.75) is 0 Å². The van der Waals surface area contributed by atoms with Crippen LogP contribution in [0.15, 0.2) is 22.8 Å². The van der Waals surface area contributed by atoms with Gasteiger partial charge in [0.15, 0.2) is 11.6 Å². The van der Waals surface area contributed by atoms with E-state index in [1.807, 2.05) is 0 Å². The van der Waals surface area contributed by atoms with Gasteiger partial charge < -0.3 is 9.73 Å². The normalized spacial score (nSPS) is 10.9. The fraction of sp³-hybridized carbons (Fsp3) is 0.182. The number of hydrogen-bond donors (Lipinski definition) is 1. The molecule has 0 aliphatic carbocycles. The summed E-state index contributed by atoms with van der Waals surface area (Å²) in [6, 6.07) is 2.18. The zero-order chi connectivity index (χ0) is 11.7. The number of ketones is 1. The zero-order valence-electron chi connectivity index (χ0n) is 8.51. The van der Waals surface area contributed by atoms with E-state index in [2.05, 4.69) is 5.32 Å². The molecule has 0 aliphatic heterocycles. The minimum absolute atomic E-state index is 0.0195. The van der Waals surface area contributed by atoms with Crippen LogP contribution >= 0.6 is 0 Å². The number of benzene rings is 1. The van der Waals surface area contributed by atoms with Crippen LogP contribution in [-0.4, -0.2) is 19.4 Å². The van der Waals surface area contributed by atoms with Crippen LogP contribution < -0.4 is 5.32 Å².